The molecular formula is C12H18N2O2S. The van der Waals surface area contributed by atoms with Gasteiger partial charge in [-0.3, -0.25) is 0 Å². The number of aryl methyl sites for hydroxylation is 2. The van der Waals surface area contributed by atoms with Crippen LogP contribution in [0, 0.1) is 13.8 Å². The average molecular weight is 254 g/mol. The quantitative estimate of drug-likeness (QED) is 0.834. The topological polar surface area (TPSA) is 63.4 Å². The maximum Gasteiger partial charge on any atom is 0.245 e. The van der Waals surface area contributed by atoms with Crippen LogP contribution < -0.4 is 5.73 Å². The van der Waals surface area contributed by atoms with Gasteiger partial charge in [-0.25, -0.2) is 8.42 Å². The number of rotatable bonds is 3. The number of sulfonamides is 1. The summed E-state index contributed by atoms with van der Waals surface area (Å²) in [4.78, 5) is 0.270. The Morgan fingerprint density at radius 2 is 1.76 bits per heavy atom. The molecule has 5 heteroatoms. The van der Waals surface area contributed by atoms with Crippen LogP contribution in [0.15, 0.2) is 17.0 Å². The van der Waals surface area contributed by atoms with E-state index < -0.39 is 10.0 Å². The number of hydrogen-bond acceptors (Lipinski definition) is 3. The lowest BCUT2D eigenvalue weighted by Crippen LogP contribution is -2.30. The first-order chi connectivity index (χ1) is 7.85. The van der Waals surface area contributed by atoms with E-state index >= 15 is 0 Å². The molecule has 1 aliphatic carbocycles. The summed E-state index contributed by atoms with van der Waals surface area (Å²) in [7, 11) is -1.82. The molecule has 0 unspecified atom stereocenters. The molecule has 1 fully saturated rings. The van der Waals surface area contributed by atoms with Crippen molar-refractivity contribution in [2.75, 3.05) is 12.8 Å². The minimum absolute atomic E-state index is 0.152. The number of nitrogen functional groups attached to an aromatic ring is 1. The number of nitrogens with two attached hydrogens (primary N) is 1. The van der Waals surface area contributed by atoms with Crippen LogP contribution >= 0.6 is 0 Å². The number of anilines is 1. The molecule has 0 bridgehead atoms. The molecule has 0 atom stereocenters. The Morgan fingerprint density at radius 3 is 2.29 bits per heavy atom. The van der Waals surface area contributed by atoms with E-state index in [2.05, 4.69) is 0 Å². The maximum absolute atomic E-state index is 12.5. The van der Waals surface area contributed by atoms with Gasteiger partial charge in [-0.15, -0.1) is 0 Å². The summed E-state index contributed by atoms with van der Waals surface area (Å²) in [6.07, 6.45) is 1.89. The lowest BCUT2D eigenvalue weighted by Gasteiger charge is -2.20. The normalized spacial score (nSPS) is 16.5. The van der Waals surface area contributed by atoms with Gasteiger partial charge in [-0.1, -0.05) is 12.1 Å². The molecule has 0 radical (unpaired) electrons. The maximum atomic E-state index is 12.5. The van der Waals surface area contributed by atoms with Crippen molar-refractivity contribution < 1.29 is 8.42 Å². The van der Waals surface area contributed by atoms with E-state index in [1.54, 1.807) is 20.0 Å². The highest BCUT2D eigenvalue weighted by Gasteiger charge is 2.36. The van der Waals surface area contributed by atoms with Gasteiger partial charge in [-0.2, -0.15) is 4.31 Å². The summed E-state index contributed by atoms with van der Waals surface area (Å²) in [5.74, 6) is 0. The van der Waals surface area contributed by atoms with Gasteiger partial charge in [0.1, 0.15) is 4.90 Å². The van der Waals surface area contributed by atoms with E-state index in [4.69, 9.17) is 5.73 Å². The van der Waals surface area contributed by atoms with Crippen LogP contribution in [-0.4, -0.2) is 25.8 Å². The molecule has 0 spiro atoms. The molecule has 1 saturated carbocycles. The third kappa shape index (κ3) is 2.05. The Labute approximate surface area is 102 Å². The molecule has 0 aromatic heterocycles. The van der Waals surface area contributed by atoms with E-state index in [0.717, 1.165) is 18.4 Å². The van der Waals surface area contributed by atoms with Crippen molar-refractivity contribution in [1.29, 1.82) is 0 Å². The predicted octanol–water partition coefficient (Wildman–Crippen LogP) is 1.67. The highest BCUT2D eigenvalue weighted by Crippen LogP contribution is 2.34. The molecule has 2 N–H and O–H groups in total. The molecule has 0 amide bonds. The van der Waals surface area contributed by atoms with Crippen LogP contribution in [0.25, 0.3) is 0 Å². The first-order valence-electron chi connectivity index (χ1n) is 5.69. The fourth-order valence-electron chi connectivity index (χ4n) is 1.93. The van der Waals surface area contributed by atoms with Gasteiger partial charge in [0, 0.05) is 13.1 Å². The van der Waals surface area contributed by atoms with Crippen LogP contribution in [0.2, 0.25) is 0 Å². The zero-order valence-electron chi connectivity index (χ0n) is 10.4. The Hall–Kier alpha value is -1.07. The second kappa shape index (κ2) is 3.99. The fourth-order valence-corrected chi connectivity index (χ4v) is 3.73. The minimum Gasteiger partial charge on any atom is -0.397 e. The van der Waals surface area contributed by atoms with E-state index in [9.17, 15) is 8.42 Å². The van der Waals surface area contributed by atoms with Crippen LogP contribution in [0.1, 0.15) is 24.0 Å². The highest BCUT2D eigenvalue weighted by atomic mass is 32.2. The van der Waals surface area contributed by atoms with Gasteiger partial charge >= 0.3 is 0 Å². The second-order valence-corrected chi connectivity index (χ2v) is 6.63. The molecular weight excluding hydrogens is 236 g/mol. The van der Waals surface area contributed by atoms with Gasteiger partial charge in [0.2, 0.25) is 10.0 Å². The molecule has 0 saturated heterocycles. The molecule has 17 heavy (non-hydrogen) atoms. The summed E-state index contributed by atoms with van der Waals surface area (Å²) >= 11 is 0. The summed E-state index contributed by atoms with van der Waals surface area (Å²) < 4.78 is 26.4. The molecule has 2 rings (SSSR count). The molecule has 94 valence electrons. The minimum atomic E-state index is -3.45. The summed E-state index contributed by atoms with van der Waals surface area (Å²) in [5.41, 5.74) is 7.81. The Balaban J connectivity index is 2.56. The smallest absolute Gasteiger partial charge is 0.245 e. The van der Waals surface area contributed by atoms with Crippen molar-refractivity contribution in [3.63, 3.8) is 0 Å². The van der Waals surface area contributed by atoms with Crippen LogP contribution in [0.5, 0.6) is 0 Å². The molecule has 1 aromatic carbocycles. The third-order valence-electron chi connectivity index (χ3n) is 3.31. The third-order valence-corrected chi connectivity index (χ3v) is 5.42. The van der Waals surface area contributed by atoms with Crippen molar-refractivity contribution in [1.82, 2.24) is 4.31 Å². The fraction of sp³-hybridized carbons (Fsp3) is 0.500. The Kier molecular flexibility index (Phi) is 2.91. The van der Waals surface area contributed by atoms with Crippen LogP contribution in [0.4, 0.5) is 5.69 Å². The van der Waals surface area contributed by atoms with E-state index in [1.165, 1.54) is 4.31 Å². The number of nitrogens with zero attached hydrogens (tertiary/aromatic N) is 1. The SMILES string of the molecule is Cc1ccc(C)c(S(=O)(=O)N(C)C2CC2)c1N. The lowest BCUT2D eigenvalue weighted by atomic mass is 10.1. The monoisotopic (exact) mass is 254 g/mol. The van der Waals surface area contributed by atoms with Gasteiger partial charge in [0.05, 0.1) is 5.69 Å². The standard InChI is InChI=1S/C12H18N2O2S/c1-8-4-5-9(2)12(11(8)13)17(15,16)14(3)10-6-7-10/h4-5,10H,6-7,13H2,1-3H3. The predicted molar refractivity (Wildman–Crippen MR) is 68.3 cm³/mol. The van der Waals surface area contributed by atoms with E-state index in [-0.39, 0.29) is 10.9 Å². The first kappa shape index (κ1) is 12.4. The van der Waals surface area contributed by atoms with Crippen molar-refractivity contribution in [2.24, 2.45) is 0 Å². The van der Waals surface area contributed by atoms with Crippen molar-refractivity contribution >= 4 is 15.7 Å². The second-order valence-electron chi connectivity index (χ2n) is 4.69. The highest BCUT2D eigenvalue weighted by molar-refractivity contribution is 7.89. The van der Waals surface area contributed by atoms with Gasteiger partial charge in [-0.05, 0) is 37.8 Å². The van der Waals surface area contributed by atoms with Crippen molar-refractivity contribution in [3.8, 4) is 0 Å². The average Bonchev–Trinajstić information content (AvgIpc) is 3.06. The van der Waals surface area contributed by atoms with E-state index in [1.807, 2.05) is 13.0 Å². The largest absolute Gasteiger partial charge is 0.397 e. The molecule has 0 heterocycles. The van der Waals surface area contributed by atoms with Crippen molar-refractivity contribution in [3.05, 3.63) is 23.3 Å². The van der Waals surface area contributed by atoms with Crippen molar-refractivity contribution in [2.45, 2.75) is 37.6 Å². The molecule has 0 aliphatic heterocycles. The Morgan fingerprint density at radius 1 is 1.24 bits per heavy atom. The van der Waals surface area contributed by atoms with Gasteiger partial charge in [0.25, 0.3) is 0 Å². The lowest BCUT2D eigenvalue weighted by molar-refractivity contribution is 0.464. The van der Waals surface area contributed by atoms with Crippen LogP contribution in [0.3, 0.4) is 0 Å². The summed E-state index contributed by atoms with van der Waals surface area (Å²) in [6, 6.07) is 3.81. The van der Waals surface area contributed by atoms with E-state index in [0.29, 0.717) is 11.3 Å². The summed E-state index contributed by atoms with van der Waals surface area (Å²) in [5, 5.41) is 0. The molecule has 4 nitrogen and oxygen atoms in total. The summed E-state index contributed by atoms with van der Waals surface area (Å²) in [6.45, 7) is 3.61. The van der Waals surface area contributed by atoms with Gasteiger partial charge < -0.3 is 5.73 Å². The van der Waals surface area contributed by atoms with Crippen LogP contribution in [-0.2, 0) is 10.0 Å². The Bertz CT molecular complexity index is 548. The number of benzene rings is 1. The zero-order chi connectivity index (χ0) is 12.8. The molecule has 1 aromatic rings. The molecule has 1 aliphatic rings. The van der Waals surface area contributed by atoms with Gasteiger partial charge in [0.15, 0.2) is 0 Å². The first-order valence-corrected chi connectivity index (χ1v) is 7.13. The number of hydrogen-bond donors (Lipinski definition) is 1. The zero-order valence-corrected chi connectivity index (χ0v) is 11.2.